The molecule has 0 bridgehead atoms. The summed E-state index contributed by atoms with van der Waals surface area (Å²) in [5.41, 5.74) is 7.11. The second kappa shape index (κ2) is 6.38. The van der Waals surface area contributed by atoms with Gasteiger partial charge in [0, 0.05) is 23.2 Å². The molecule has 0 saturated heterocycles. The van der Waals surface area contributed by atoms with E-state index in [1.807, 2.05) is 0 Å². The van der Waals surface area contributed by atoms with Gasteiger partial charge in [-0.2, -0.15) is 0 Å². The van der Waals surface area contributed by atoms with Crippen LogP contribution < -0.4 is 5.32 Å². The first-order chi connectivity index (χ1) is 13.3. The summed E-state index contributed by atoms with van der Waals surface area (Å²) in [7, 11) is 0. The van der Waals surface area contributed by atoms with Gasteiger partial charge in [-0.25, -0.2) is 0 Å². The first-order valence-corrected chi connectivity index (χ1v) is 9.90. The Labute approximate surface area is 159 Å². The van der Waals surface area contributed by atoms with Crippen molar-refractivity contribution in [3.63, 3.8) is 0 Å². The Morgan fingerprint density at radius 1 is 0.963 bits per heavy atom. The van der Waals surface area contributed by atoms with Gasteiger partial charge < -0.3 is 5.32 Å². The summed E-state index contributed by atoms with van der Waals surface area (Å²) in [6, 6.07) is 21.5. The molecular weight excluding hydrogens is 330 g/mol. The molecule has 0 radical (unpaired) electrons. The highest BCUT2D eigenvalue weighted by Crippen LogP contribution is 2.47. The third-order valence-electron chi connectivity index (χ3n) is 6.00. The van der Waals surface area contributed by atoms with E-state index in [4.69, 9.17) is 0 Å². The lowest BCUT2D eigenvalue weighted by Gasteiger charge is -2.35. The Kier molecular flexibility index (Phi) is 3.86. The second-order valence-electron chi connectivity index (χ2n) is 7.55. The second-order valence-corrected chi connectivity index (χ2v) is 7.55. The zero-order valence-electron chi connectivity index (χ0n) is 15.6. The minimum absolute atomic E-state index is 0.0487. The zero-order chi connectivity index (χ0) is 18.4. The van der Waals surface area contributed by atoms with Crippen LogP contribution in [0.2, 0.25) is 0 Å². The summed E-state index contributed by atoms with van der Waals surface area (Å²) < 4.78 is 0. The van der Waals surface area contributed by atoms with Crippen LogP contribution in [0, 0.1) is 0 Å². The highest BCUT2D eigenvalue weighted by molar-refractivity contribution is 6.12. The van der Waals surface area contributed by atoms with Crippen molar-refractivity contribution in [1.82, 2.24) is 0 Å². The lowest BCUT2D eigenvalue weighted by atomic mass is 9.76. The van der Waals surface area contributed by atoms with Gasteiger partial charge in [-0.3, -0.25) is 4.79 Å². The molecule has 0 amide bonds. The number of hydrogen-bond donors (Lipinski definition) is 1. The van der Waals surface area contributed by atoms with E-state index in [2.05, 4.69) is 72.9 Å². The van der Waals surface area contributed by atoms with Gasteiger partial charge in [0.05, 0.1) is 6.04 Å². The number of hydrogen-bond acceptors (Lipinski definition) is 2. The Hall–Kier alpha value is -2.87. The molecule has 1 heterocycles. The molecule has 0 spiro atoms. The van der Waals surface area contributed by atoms with Crippen LogP contribution in [-0.2, 0) is 11.2 Å². The summed E-state index contributed by atoms with van der Waals surface area (Å²) in [5.74, 6) is 0.298. The molecule has 134 valence electrons. The van der Waals surface area contributed by atoms with Gasteiger partial charge >= 0.3 is 0 Å². The van der Waals surface area contributed by atoms with Crippen LogP contribution in [0.4, 0.5) is 5.69 Å². The van der Waals surface area contributed by atoms with E-state index in [9.17, 15) is 4.79 Å². The minimum Gasteiger partial charge on any atom is -0.373 e. The summed E-state index contributed by atoms with van der Waals surface area (Å²) in [6.45, 7) is 2.17. The predicted octanol–water partition coefficient (Wildman–Crippen LogP) is 6.08. The fourth-order valence-corrected chi connectivity index (χ4v) is 4.60. The molecule has 1 atom stereocenters. The van der Waals surface area contributed by atoms with Crippen LogP contribution in [0.5, 0.6) is 0 Å². The van der Waals surface area contributed by atoms with Crippen LogP contribution in [0.3, 0.4) is 0 Å². The third-order valence-corrected chi connectivity index (χ3v) is 6.00. The maximum absolute atomic E-state index is 13.0. The lowest BCUT2D eigenvalue weighted by Crippen LogP contribution is -2.27. The first-order valence-electron chi connectivity index (χ1n) is 9.90. The predicted molar refractivity (Wildman–Crippen MR) is 112 cm³/mol. The number of benzene rings is 3. The number of anilines is 1. The number of rotatable bonds is 2. The van der Waals surface area contributed by atoms with Crippen molar-refractivity contribution in [3.8, 4) is 0 Å². The third kappa shape index (κ3) is 2.59. The van der Waals surface area contributed by atoms with Crippen LogP contribution >= 0.6 is 0 Å². The normalized spacial score (nSPS) is 18.9. The van der Waals surface area contributed by atoms with Gasteiger partial charge in [0.1, 0.15) is 0 Å². The molecule has 1 unspecified atom stereocenters. The van der Waals surface area contributed by atoms with E-state index in [0.717, 1.165) is 30.5 Å². The first kappa shape index (κ1) is 16.3. The Balaban J connectivity index is 1.73. The van der Waals surface area contributed by atoms with Crippen molar-refractivity contribution in [2.24, 2.45) is 0 Å². The van der Waals surface area contributed by atoms with Gasteiger partial charge in [0.25, 0.3) is 0 Å². The average Bonchev–Trinajstić information content (AvgIpc) is 2.73. The molecule has 2 heteroatoms. The quantitative estimate of drug-likeness (QED) is 0.605. The number of Topliss-reactive ketones (excluding diaryl/α,β-unsaturated/α-hetero) is 1. The SMILES string of the molecule is CCc1ccc(C2Nc3ccc4ccccc4c3C3=C2C(=O)CCC3)cc1. The smallest absolute Gasteiger partial charge is 0.161 e. The highest BCUT2D eigenvalue weighted by Gasteiger charge is 2.34. The fourth-order valence-electron chi connectivity index (χ4n) is 4.60. The Morgan fingerprint density at radius 3 is 2.59 bits per heavy atom. The summed E-state index contributed by atoms with van der Waals surface area (Å²) in [5, 5.41) is 6.16. The number of nitrogens with one attached hydrogen (secondary N) is 1. The van der Waals surface area contributed by atoms with E-state index in [1.54, 1.807) is 0 Å². The molecule has 2 aliphatic rings. The van der Waals surface area contributed by atoms with E-state index in [0.29, 0.717) is 12.2 Å². The Morgan fingerprint density at radius 2 is 1.78 bits per heavy atom. The molecule has 5 rings (SSSR count). The van der Waals surface area contributed by atoms with Gasteiger partial charge in [-0.15, -0.1) is 0 Å². The lowest BCUT2D eigenvalue weighted by molar-refractivity contribution is -0.116. The largest absolute Gasteiger partial charge is 0.373 e. The van der Waals surface area contributed by atoms with Gasteiger partial charge in [-0.1, -0.05) is 61.5 Å². The van der Waals surface area contributed by atoms with Crippen LogP contribution in [0.15, 0.2) is 66.2 Å². The molecule has 1 aliphatic carbocycles. The zero-order valence-corrected chi connectivity index (χ0v) is 15.6. The molecule has 0 fully saturated rings. The Bertz CT molecular complexity index is 1080. The topological polar surface area (TPSA) is 29.1 Å². The van der Waals surface area contributed by atoms with Crippen molar-refractivity contribution in [3.05, 3.63) is 82.9 Å². The van der Waals surface area contributed by atoms with Gasteiger partial charge in [-0.05, 0) is 52.8 Å². The summed E-state index contributed by atoms with van der Waals surface area (Å²) >= 11 is 0. The molecule has 1 aliphatic heterocycles. The van der Waals surface area contributed by atoms with E-state index < -0.39 is 0 Å². The number of aryl methyl sites for hydroxylation is 1. The average molecular weight is 353 g/mol. The molecule has 2 nitrogen and oxygen atoms in total. The van der Waals surface area contributed by atoms with E-state index in [1.165, 1.54) is 33.0 Å². The maximum atomic E-state index is 13.0. The highest BCUT2D eigenvalue weighted by atomic mass is 16.1. The van der Waals surface area contributed by atoms with Crippen molar-refractivity contribution < 1.29 is 4.79 Å². The molecular formula is C25H23NO. The van der Waals surface area contributed by atoms with Gasteiger partial charge in [0.15, 0.2) is 5.78 Å². The molecule has 3 aromatic carbocycles. The number of ketones is 1. The molecule has 27 heavy (non-hydrogen) atoms. The van der Waals surface area contributed by atoms with Crippen molar-refractivity contribution in [1.29, 1.82) is 0 Å². The van der Waals surface area contributed by atoms with Crippen molar-refractivity contribution in [2.75, 3.05) is 5.32 Å². The standard InChI is InChI=1S/C25H23NO/c1-2-16-10-12-18(13-11-16)25-24-20(8-5-9-22(24)27)23-19-7-4-3-6-17(19)14-15-21(23)26-25/h3-4,6-7,10-15,25-26H,2,5,8-9H2,1H3. The number of allylic oxidation sites excluding steroid dienone is 1. The molecule has 0 aromatic heterocycles. The van der Waals surface area contributed by atoms with Crippen LogP contribution in [0.25, 0.3) is 16.3 Å². The van der Waals surface area contributed by atoms with Crippen molar-refractivity contribution in [2.45, 2.75) is 38.6 Å². The van der Waals surface area contributed by atoms with E-state index in [-0.39, 0.29) is 6.04 Å². The molecule has 1 N–H and O–H groups in total. The minimum atomic E-state index is -0.0487. The summed E-state index contributed by atoms with van der Waals surface area (Å²) in [6.07, 6.45) is 3.61. The number of fused-ring (bicyclic) bond motifs is 4. The summed E-state index contributed by atoms with van der Waals surface area (Å²) in [4.78, 5) is 13.0. The van der Waals surface area contributed by atoms with Gasteiger partial charge in [0.2, 0.25) is 0 Å². The number of carbonyl (C=O) groups excluding carboxylic acids is 1. The molecule has 3 aromatic rings. The van der Waals surface area contributed by atoms with Crippen molar-refractivity contribution >= 4 is 27.8 Å². The van der Waals surface area contributed by atoms with Crippen LogP contribution in [-0.4, -0.2) is 5.78 Å². The monoisotopic (exact) mass is 353 g/mol. The number of carbonyl (C=O) groups is 1. The maximum Gasteiger partial charge on any atom is 0.161 e. The fraction of sp³-hybridized carbons (Fsp3) is 0.240. The molecule has 0 saturated carbocycles. The van der Waals surface area contributed by atoms with Crippen LogP contribution in [0.1, 0.15) is 48.9 Å². The van der Waals surface area contributed by atoms with E-state index >= 15 is 0 Å².